The van der Waals surface area contributed by atoms with Crippen molar-refractivity contribution in [3.63, 3.8) is 0 Å². The number of furan rings is 1. The van der Waals surface area contributed by atoms with Crippen LogP contribution in [-0.2, 0) is 23.9 Å². The van der Waals surface area contributed by atoms with Crippen molar-refractivity contribution in [2.24, 2.45) is 33.5 Å². The second kappa shape index (κ2) is 8.16. The van der Waals surface area contributed by atoms with Gasteiger partial charge in [0.05, 0.1) is 18.6 Å². The third kappa shape index (κ3) is 3.25. The van der Waals surface area contributed by atoms with Gasteiger partial charge in [0.25, 0.3) is 0 Å². The van der Waals surface area contributed by atoms with Gasteiger partial charge in [0, 0.05) is 41.6 Å². The van der Waals surface area contributed by atoms with Crippen molar-refractivity contribution >= 4 is 23.3 Å². The first kappa shape index (κ1) is 26.0. The summed E-state index contributed by atoms with van der Waals surface area (Å²) in [6.45, 7) is 12.8. The molecule has 200 valence electrons. The Morgan fingerprint density at radius 2 is 1.76 bits per heavy atom. The van der Waals surface area contributed by atoms with Gasteiger partial charge in [-0.25, -0.2) is 0 Å². The number of aliphatic hydroxyl groups is 1. The quantitative estimate of drug-likeness (QED) is 0.578. The highest BCUT2D eigenvalue weighted by molar-refractivity contribution is 5.96. The van der Waals surface area contributed by atoms with Crippen molar-refractivity contribution in [2.75, 3.05) is 0 Å². The Balaban J connectivity index is 1.80. The molecule has 0 radical (unpaired) electrons. The first-order valence-electron chi connectivity index (χ1n) is 13.2. The molecule has 0 amide bonds. The van der Waals surface area contributed by atoms with E-state index in [9.17, 15) is 19.5 Å². The minimum Gasteiger partial charge on any atom is -0.472 e. The smallest absolute Gasteiger partial charge is 0.303 e. The molecule has 0 aliphatic heterocycles. The van der Waals surface area contributed by atoms with Gasteiger partial charge in [-0.1, -0.05) is 46.3 Å². The monoisotopic (exact) mass is 510 g/mol. The average molecular weight is 511 g/mol. The van der Waals surface area contributed by atoms with Crippen molar-refractivity contribution in [1.29, 1.82) is 0 Å². The lowest BCUT2D eigenvalue weighted by atomic mass is 9.35. The summed E-state index contributed by atoms with van der Waals surface area (Å²) >= 11 is 0. The van der Waals surface area contributed by atoms with Crippen LogP contribution in [0.25, 0.3) is 5.57 Å². The minimum atomic E-state index is -0.863. The Morgan fingerprint density at radius 1 is 1.08 bits per heavy atom. The van der Waals surface area contributed by atoms with Gasteiger partial charge < -0.3 is 19.0 Å². The number of fused-ring (bicyclic) bond motifs is 5. The van der Waals surface area contributed by atoms with Crippen LogP contribution in [0.1, 0.15) is 73.3 Å². The molecule has 0 saturated heterocycles. The summed E-state index contributed by atoms with van der Waals surface area (Å²) in [5.41, 5.74) is 0.181. The van der Waals surface area contributed by atoms with E-state index in [1.54, 1.807) is 18.6 Å². The lowest BCUT2D eigenvalue weighted by Crippen LogP contribution is -2.73. The second-order valence-electron chi connectivity index (χ2n) is 12.6. The van der Waals surface area contributed by atoms with Gasteiger partial charge in [0.2, 0.25) is 0 Å². The fraction of sp³-hybridized carbons (Fsp3) is 0.633. The molecule has 37 heavy (non-hydrogen) atoms. The van der Waals surface area contributed by atoms with Gasteiger partial charge >= 0.3 is 11.9 Å². The van der Waals surface area contributed by atoms with Gasteiger partial charge in [-0.2, -0.15) is 0 Å². The number of carbonyl (C=O) groups excluding carboxylic acids is 3. The third-order valence-electron chi connectivity index (χ3n) is 10.7. The van der Waals surface area contributed by atoms with E-state index < -0.39 is 57.8 Å². The van der Waals surface area contributed by atoms with E-state index in [4.69, 9.17) is 13.9 Å². The van der Waals surface area contributed by atoms with Crippen LogP contribution in [0.2, 0.25) is 0 Å². The van der Waals surface area contributed by atoms with Crippen molar-refractivity contribution in [3.8, 4) is 0 Å². The molecule has 1 aromatic heterocycles. The molecule has 0 spiro atoms. The van der Waals surface area contributed by atoms with E-state index >= 15 is 0 Å². The van der Waals surface area contributed by atoms with Crippen molar-refractivity contribution in [2.45, 2.75) is 86.0 Å². The molecule has 0 aromatic carbocycles. The molecule has 1 aromatic rings. The number of hydrogen-bond acceptors (Lipinski definition) is 7. The molecule has 0 bridgehead atoms. The highest BCUT2D eigenvalue weighted by atomic mass is 16.6. The van der Waals surface area contributed by atoms with E-state index in [1.807, 2.05) is 26.0 Å². The zero-order valence-electron chi connectivity index (χ0n) is 22.8. The van der Waals surface area contributed by atoms with E-state index in [-0.39, 0.29) is 11.7 Å². The van der Waals surface area contributed by atoms with Crippen LogP contribution in [0.15, 0.2) is 40.7 Å². The first-order chi connectivity index (χ1) is 17.2. The highest BCUT2D eigenvalue weighted by Crippen LogP contribution is 2.74. The van der Waals surface area contributed by atoms with Gasteiger partial charge in [0.15, 0.2) is 5.78 Å². The Hall–Kier alpha value is -2.67. The summed E-state index contributed by atoms with van der Waals surface area (Å²) in [5.74, 6) is -1.49. The Labute approximate surface area is 218 Å². The topological polar surface area (TPSA) is 103 Å². The molecular weight excluding hydrogens is 472 g/mol. The number of hydrogen-bond donors (Lipinski definition) is 1. The van der Waals surface area contributed by atoms with Crippen molar-refractivity contribution in [1.82, 2.24) is 0 Å². The molecule has 0 unspecified atom stereocenters. The van der Waals surface area contributed by atoms with Crippen LogP contribution in [-0.4, -0.2) is 41.1 Å². The number of rotatable bonds is 3. The van der Waals surface area contributed by atoms with E-state index in [2.05, 4.69) is 20.8 Å². The number of aliphatic hydroxyl groups excluding tert-OH is 1. The summed E-state index contributed by atoms with van der Waals surface area (Å²) < 4.78 is 17.6. The lowest BCUT2D eigenvalue weighted by molar-refractivity contribution is -0.271. The largest absolute Gasteiger partial charge is 0.472 e. The summed E-state index contributed by atoms with van der Waals surface area (Å²) in [5, 5.41) is 11.8. The van der Waals surface area contributed by atoms with Gasteiger partial charge in [-0.05, 0) is 48.3 Å². The molecule has 8 atom stereocenters. The molecule has 7 nitrogen and oxygen atoms in total. The maximum atomic E-state index is 13.2. The standard InChI is InChI=1S/C30H38O7/c1-16(31)36-24-25-27(3,4)22(33)10-12-28(25,5)21-9-8-20-19(18-11-13-35-15-18)14-23(34)29(20,6)30(21,7)26(24)37-17(2)32/h10-13,15,21,23-26,34H,8-9,14H2,1-7H3/t21-,23-,24-,25+,26-,28-,29+,30+/m1/s1. The number of ketones is 1. The van der Waals surface area contributed by atoms with Crippen LogP contribution >= 0.6 is 0 Å². The van der Waals surface area contributed by atoms with Crippen LogP contribution in [0.5, 0.6) is 0 Å². The predicted octanol–water partition coefficient (Wildman–Crippen LogP) is 4.89. The molecule has 4 aliphatic carbocycles. The predicted molar refractivity (Wildman–Crippen MR) is 136 cm³/mol. The maximum absolute atomic E-state index is 13.2. The molecule has 4 aliphatic rings. The average Bonchev–Trinajstić information content (AvgIpc) is 3.41. The normalized spacial score (nSPS) is 42.1. The maximum Gasteiger partial charge on any atom is 0.303 e. The number of ether oxygens (including phenoxy) is 2. The van der Waals surface area contributed by atoms with Crippen LogP contribution in [0.3, 0.4) is 0 Å². The molecule has 5 rings (SSSR count). The number of allylic oxidation sites excluding steroid dienone is 2. The van der Waals surface area contributed by atoms with E-state index in [1.165, 1.54) is 13.8 Å². The molecule has 2 saturated carbocycles. The molecule has 2 fully saturated rings. The number of esters is 2. The first-order valence-corrected chi connectivity index (χ1v) is 13.2. The van der Waals surface area contributed by atoms with Crippen LogP contribution in [0.4, 0.5) is 0 Å². The van der Waals surface area contributed by atoms with Crippen LogP contribution in [0, 0.1) is 33.5 Å². The molecular formula is C30H38O7. The summed E-state index contributed by atoms with van der Waals surface area (Å²) in [7, 11) is 0. The zero-order valence-corrected chi connectivity index (χ0v) is 22.8. The van der Waals surface area contributed by atoms with Crippen LogP contribution < -0.4 is 0 Å². The van der Waals surface area contributed by atoms with Gasteiger partial charge in [-0.3, -0.25) is 14.4 Å². The molecule has 1 N–H and O–H groups in total. The fourth-order valence-electron chi connectivity index (χ4n) is 9.07. The van der Waals surface area contributed by atoms with Gasteiger partial charge in [-0.15, -0.1) is 0 Å². The zero-order chi connectivity index (χ0) is 27.1. The summed E-state index contributed by atoms with van der Waals surface area (Å²) in [4.78, 5) is 38.3. The Bertz CT molecular complexity index is 1210. The fourth-order valence-corrected chi connectivity index (χ4v) is 9.07. The summed E-state index contributed by atoms with van der Waals surface area (Å²) in [6, 6.07) is 1.91. The Kier molecular flexibility index (Phi) is 5.73. The molecule has 1 heterocycles. The summed E-state index contributed by atoms with van der Waals surface area (Å²) in [6.07, 6.45) is 6.55. The van der Waals surface area contributed by atoms with Crippen molar-refractivity contribution < 1.29 is 33.4 Å². The van der Waals surface area contributed by atoms with E-state index in [0.717, 1.165) is 29.6 Å². The van der Waals surface area contributed by atoms with E-state index in [0.29, 0.717) is 6.42 Å². The highest BCUT2D eigenvalue weighted by Gasteiger charge is 2.75. The molecule has 7 heteroatoms. The second-order valence-corrected chi connectivity index (χ2v) is 12.6. The third-order valence-corrected chi connectivity index (χ3v) is 10.7. The lowest BCUT2D eigenvalue weighted by Gasteiger charge is -2.70. The minimum absolute atomic E-state index is 0.0388. The van der Waals surface area contributed by atoms with Gasteiger partial charge in [0.1, 0.15) is 12.2 Å². The number of carbonyl (C=O) groups is 3. The van der Waals surface area contributed by atoms with Crippen molar-refractivity contribution in [3.05, 3.63) is 41.9 Å². The SMILES string of the molecule is CC(=O)O[C@H]1[C@@H](OC(C)=O)[C@]2(C)[C@H](CCC3=C(c4ccoc4)C[C@@H](O)[C@]32C)[C@@]2(C)C=CC(=O)C(C)(C)[C@H]12. The Morgan fingerprint density at radius 3 is 2.35 bits per heavy atom.